The minimum atomic E-state index is -4.17. The predicted octanol–water partition coefficient (Wildman–Crippen LogP) is -0.319. The Bertz CT molecular complexity index is 484. The molecule has 0 atom stereocenters. The summed E-state index contributed by atoms with van der Waals surface area (Å²) in [5.41, 5.74) is 0. The second-order valence-electron chi connectivity index (χ2n) is 2.30. The molecule has 0 aromatic heterocycles. The molecule has 1 aromatic carbocycles. The van der Waals surface area contributed by atoms with Gasteiger partial charge in [0.25, 0.3) is 10.1 Å². The average molecular weight is 255 g/mol. The number of hydrogen-bond acceptors (Lipinski definition) is 4. The van der Waals surface area contributed by atoms with Crippen LogP contribution in [0.4, 0.5) is 0 Å². The van der Waals surface area contributed by atoms with Crippen molar-refractivity contribution in [1.29, 1.82) is 0 Å². The molecule has 0 amide bonds. The first-order valence-corrected chi connectivity index (χ1v) is 6.33. The summed E-state index contributed by atoms with van der Waals surface area (Å²) < 4.78 is 54.4. The molecule has 0 fully saturated rings. The number of hydrogen-bond donors (Lipinski definition) is 3. The quantitative estimate of drug-likeness (QED) is 0.588. The number of rotatable bonds is 1. The van der Waals surface area contributed by atoms with Crippen molar-refractivity contribution >= 4 is 20.4 Å². The molecule has 0 saturated carbocycles. The predicted molar refractivity (Wildman–Crippen MR) is 52.0 cm³/mol. The average Bonchev–Trinajstić information content (AvgIpc) is 2.01. The minimum absolute atomic E-state index is 0.0741. The van der Waals surface area contributed by atoms with Crippen LogP contribution in [0, 0.1) is 0 Å². The highest BCUT2D eigenvalue weighted by molar-refractivity contribution is 7.85. The zero-order chi connectivity index (χ0) is 12.1. The van der Waals surface area contributed by atoms with E-state index in [1.165, 1.54) is 12.1 Å². The van der Waals surface area contributed by atoms with Gasteiger partial charge in [-0.25, -0.2) is 5.14 Å². The van der Waals surface area contributed by atoms with E-state index in [0.717, 1.165) is 0 Å². The van der Waals surface area contributed by atoms with Crippen LogP contribution in [0.15, 0.2) is 35.2 Å². The third kappa shape index (κ3) is 9.31. The summed E-state index contributed by atoms with van der Waals surface area (Å²) >= 11 is 0. The van der Waals surface area contributed by atoms with Crippen LogP contribution in [0.2, 0.25) is 0 Å². The highest BCUT2D eigenvalue weighted by Crippen LogP contribution is 2.05. The monoisotopic (exact) mass is 255 g/mol. The van der Waals surface area contributed by atoms with Crippen molar-refractivity contribution < 1.29 is 25.9 Å². The molecule has 15 heavy (non-hydrogen) atoms. The lowest BCUT2D eigenvalue weighted by atomic mass is 10.4. The van der Waals surface area contributed by atoms with Crippen LogP contribution in [-0.4, -0.2) is 25.9 Å². The van der Waals surface area contributed by atoms with E-state index >= 15 is 0 Å². The van der Waals surface area contributed by atoms with E-state index < -0.39 is 20.4 Å². The molecule has 0 bridgehead atoms. The van der Waals surface area contributed by atoms with E-state index in [-0.39, 0.29) is 4.90 Å². The maximum absolute atomic E-state index is 10.4. The summed E-state index contributed by atoms with van der Waals surface area (Å²) in [6, 6.07) is 7.42. The largest absolute Gasteiger partial charge is 0.330 e. The molecule has 0 aliphatic heterocycles. The first-order valence-electron chi connectivity index (χ1n) is 3.38. The molecule has 0 aliphatic rings. The summed E-state index contributed by atoms with van der Waals surface area (Å²) in [4.78, 5) is -0.0741. The Labute approximate surface area is 87.2 Å². The molecule has 1 rings (SSSR count). The molecule has 4 N–H and O–H groups in total. The highest BCUT2D eigenvalue weighted by Gasteiger charge is 2.05. The van der Waals surface area contributed by atoms with Crippen molar-refractivity contribution in [3.63, 3.8) is 0 Å². The lowest BCUT2D eigenvalue weighted by Gasteiger charge is -1.92. The SMILES string of the molecule is NS(=O)(=O)O.O=S(=O)(O)c1ccccc1. The fraction of sp³-hybridized carbons (Fsp3) is 0. The summed E-state index contributed by atoms with van der Waals surface area (Å²) in [7, 11) is -8.17. The standard InChI is InChI=1S/C6H6O3S.H3NO3S/c7-10(8,9)6-4-2-1-3-5-6;1-5(2,3)4/h1-5H,(H,7,8,9);(H3,1,2,3,4). The second kappa shape index (κ2) is 5.19. The van der Waals surface area contributed by atoms with Crippen LogP contribution in [0.3, 0.4) is 0 Å². The van der Waals surface area contributed by atoms with Crippen LogP contribution >= 0.6 is 0 Å². The Kier molecular flexibility index (Phi) is 4.84. The van der Waals surface area contributed by atoms with E-state index in [0.29, 0.717) is 0 Å². The van der Waals surface area contributed by atoms with Gasteiger partial charge in [0.05, 0.1) is 4.90 Å². The zero-order valence-electron chi connectivity index (χ0n) is 7.31. The van der Waals surface area contributed by atoms with Crippen LogP contribution in [0.1, 0.15) is 0 Å². The number of nitrogens with two attached hydrogens (primary N) is 1. The number of benzene rings is 1. The van der Waals surface area contributed by atoms with Gasteiger partial charge in [-0.2, -0.15) is 16.8 Å². The van der Waals surface area contributed by atoms with E-state index in [2.05, 4.69) is 5.14 Å². The van der Waals surface area contributed by atoms with E-state index in [1.54, 1.807) is 18.2 Å². The third-order valence-electron chi connectivity index (χ3n) is 1.04. The van der Waals surface area contributed by atoms with Gasteiger partial charge >= 0.3 is 10.3 Å². The first-order chi connectivity index (χ1) is 6.61. The molecule has 0 spiro atoms. The van der Waals surface area contributed by atoms with Crippen molar-refractivity contribution in [2.45, 2.75) is 4.90 Å². The molecule has 0 unspecified atom stereocenters. The Balaban J connectivity index is 0.000000336. The van der Waals surface area contributed by atoms with Gasteiger partial charge in [-0.05, 0) is 12.1 Å². The van der Waals surface area contributed by atoms with E-state index in [1.807, 2.05) is 0 Å². The second-order valence-corrected chi connectivity index (χ2v) is 4.75. The Morgan fingerprint density at radius 3 is 1.47 bits per heavy atom. The molecule has 0 saturated heterocycles. The summed E-state index contributed by atoms with van der Waals surface area (Å²) in [5.74, 6) is 0. The Morgan fingerprint density at radius 2 is 1.27 bits per heavy atom. The van der Waals surface area contributed by atoms with Crippen LogP contribution < -0.4 is 5.14 Å². The lowest BCUT2D eigenvalue weighted by Crippen LogP contribution is -2.08. The van der Waals surface area contributed by atoms with E-state index in [4.69, 9.17) is 17.5 Å². The normalized spacial score (nSPS) is 11.4. The van der Waals surface area contributed by atoms with Crippen LogP contribution in [-0.2, 0) is 20.4 Å². The molecule has 0 radical (unpaired) electrons. The van der Waals surface area contributed by atoms with Crippen molar-refractivity contribution in [2.24, 2.45) is 5.14 Å². The molecule has 86 valence electrons. The third-order valence-corrected chi connectivity index (χ3v) is 1.91. The fourth-order valence-electron chi connectivity index (χ4n) is 0.592. The van der Waals surface area contributed by atoms with Crippen molar-refractivity contribution in [3.8, 4) is 0 Å². The smallest absolute Gasteiger partial charge is 0.282 e. The van der Waals surface area contributed by atoms with Gasteiger partial charge in [0.2, 0.25) is 0 Å². The van der Waals surface area contributed by atoms with Gasteiger partial charge in [-0.3, -0.25) is 9.11 Å². The molecule has 7 nitrogen and oxygen atoms in total. The van der Waals surface area contributed by atoms with Gasteiger partial charge in [-0.1, -0.05) is 18.2 Å². The van der Waals surface area contributed by atoms with Crippen molar-refractivity contribution in [1.82, 2.24) is 0 Å². The highest BCUT2D eigenvalue weighted by atomic mass is 32.2. The van der Waals surface area contributed by atoms with Gasteiger partial charge in [0.1, 0.15) is 0 Å². The van der Waals surface area contributed by atoms with Gasteiger partial charge in [0.15, 0.2) is 0 Å². The Hall–Kier alpha value is -1.00. The summed E-state index contributed by atoms with van der Waals surface area (Å²) in [5, 5.41) is 3.88. The van der Waals surface area contributed by atoms with Crippen LogP contribution in [0.25, 0.3) is 0 Å². The first kappa shape index (κ1) is 14.0. The fourth-order valence-corrected chi connectivity index (χ4v) is 1.09. The molecule has 0 aliphatic carbocycles. The summed E-state index contributed by atoms with van der Waals surface area (Å²) in [6.45, 7) is 0. The maximum atomic E-state index is 10.4. The topological polar surface area (TPSA) is 135 Å². The van der Waals surface area contributed by atoms with E-state index in [9.17, 15) is 8.42 Å². The molecule has 9 heteroatoms. The lowest BCUT2D eigenvalue weighted by molar-refractivity contribution is 0.481. The Morgan fingerprint density at radius 1 is 0.933 bits per heavy atom. The van der Waals surface area contributed by atoms with Crippen molar-refractivity contribution in [2.75, 3.05) is 0 Å². The summed E-state index contributed by atoms with van der Waals surface area (Å²) in [6.07, 6.45) is 0. The van der Waals surface area contributed by atoms with Gasteiger partial charge in [-0.15, -0.1) is 0 Å². The molecular weight excluding hydrogens is 246 g/mol. The zero-order valence-corrected chi connectivity index (χ0v) is 8.94. The van der Waals surface area contributed by atoms with Gasteiger partial charge < -0.3 is 0 Å². The minimum Gasteiger partial charge on any atom is -0.282 e. The van der Waals surface area contributed by atoms with Crippen molar-refractivity contribution in [3.05, 3.63) is 30.3 Å². The molecule has 1 aromatic rings. The molecule has 0 heterocycles. The van der Waals surface area contributed by atoms with Crippen LogP contribution in [0.5, 0.6) is 0 Å². The van der Waals surface area contributed by atoms with Gasteiger partial charge in [0, 0.05) is 0 Å². The maximum Gasteiger partial charge on any atom is 0.330 e. The molecular formula is C6H9NO6S2.